The molecule has 3 aromatic rings. The van der Waals surface area contributed by atoms with E-state index in [-0.39, 0.29) is 24.8 Å². The Hall–Kier alpha value is -3.67. The molecule has 1 saturated heterocycles. The van der Waals surface area contributed by atoms with Gasteiger partial charge in [-0.25, -0.2) is 9.18 Å². The Morgan fingerprint density at radius 1 is 1.11 bits per heavy atom. The van der Waals surface area contributed by atoms with Gasteiger partial charge in [0, 0.05) is 31.1 Å². The zero-order chi connectivity index (χ0) is 27.3. The summed E-state index contributed by atoms with van der Waals surface area (Å²) in [6.45, 7) is 5.32. The second-order valence-electron chi connectivity index (χ2n) is 9.50. The quantitative estimate of drug-likeness (QED) is 0.299. The summed E-state index contributed by atoms with van der Waals surface area (Å²) in [5, 5.41) is 11.4. The van der Waals surface area contributed by atoms with Crippen molar-refractivity contribution >= 4 is 11.9 Å². The van der Waals surface area contributed by atoms with Crippen LogP contribution in [0, 0.1) is 11.7 Å². The van der Waals surface area contributed by atoms with Crippen molar-refractivity contribution in [3.8, 4) is 17.1 Å². The van der Waals surface area contributed by atoms with Gasteiger partial charge in [-0.3, -0.25) is 5.32 Å². The molecule has 8 nitrogen and oxygen atoms in total. The molecule has 204 valence electrons. The third-order valence-electron chi connectivity index (χ3n) is 5.98. The molecule has 2 N–H and O–H groups in total. The van der Waals surface area contributed by atoms with E-state index in [1.54, 1.807) is 12.1 Å². The highest BCUT2D eigenvalue weighted by Gasteiger charge is 2.43. The van der Waals surface area contributed by atoms with Crippen LogP contribution in [0.4, 0.5) is 23.5 Å². The van der Waals surface area contributed by atoms with Crippen molar-refractivity contribution in [1.29, 1.82) is 0 Å². The van der Waals surface area contributed by atoms with Crippen molar-refractivity contribution in [3.05, 3.63) is 59.9 Å². The van der Waals surface area contributed by atoms with E-state index in [0.717, 1.165) is 16.9 Å². The summed E-state index contributed by atoms with van der Waals surface area (Å²) >= 11 is 0. The first-order valence-electron chi connectivity index (χ1n) is 12.3. The van der Waals surface area contributed by atoms with Gasteiger partial charge in [-0.15, -0.1) is 10.2 Å². The highest BCUT2D eigenvalue weighted by molar-refractivity contribution is 5.75. The van der Waals surface area contributed by atoms with E-state index in [1.807, 2.05) is 29.2 Å². The number of rotatable bonds is 9. The molecule has 1 aliphatic rings. The van der Waals surface area contributed by atoms with Gasteiger partial charge < -0.3 is 19.4 Å². The molecule has 38 heavy (non-hydrogen) atoms. The van der Waals surface area contributed by atoms with Gasteiger partial charge >= 0.3 is 12.1 Å². The number of hydrogen-bond donors (Lipinski definition) is 2. The van der Waals surface area contributed by atoms with Crippen LogP contribution in [0.25, 0.3) is 11.4 Å². The Balaban J connectivity index is 1.54. The normalized spacial score (nSPS) is 17.9. The van der Waals surface area contributed by atoms with Crippen LogP contribution in [-0.4, -0.2) is 52.7 Å². The molecule has 0 amide bonds. The summed E-state index contributed by atoms with van der Waals surface area (Å²) in [5.41, 5.74) is 1.53. The van der Waals surface area contributed by atoms with Crippen molar-refractivity contribution < 1.29 is 31.8 Å². The minimum absolute atomic E-state index is 0.0843. The van der Waals surface area contributed by atoms with Crippen LogP contribution in [0.2, 0.25) is 0 Å². The summed E-state index contributed by atoms with van der Waals surface area (Å²) in [6.07, 6.45) is -5.59. The molecule has 0 radical (unpaired) electrons. The molecule has 1 fully saturated rings. The largest absolute Gasteiger partial charge is 0.493 e. The van der Waals surface area contributed by atoms with E-state index < -0.39 is 18.4 Å². The first-order chi connectivity index (χ1) is 18.1. The fourth-order valence-corrected chi connectivity index (χ4v) is 4.08. The van der Waals surface area contributed by atoms with Gasteiger partial charge in [0.05, 0.1) is 6.61 Å². The fourth-order valence-electron chi connectivity index (χ4n) is 4.08. The lowest BCUT2D eigenvalue weighted by molar-refractivity contribution is -0.207. The van der Waals surface area contributed by atoms with E-state index in [9.17, 15) is 22.4 Å². The Kier molecular flexibility index (Phi) is 8.50. The Morgan fingerprint density at radius 2 is 1.82 bits per heavy atom. The maximum Gasteiger partial charge on any atom is 0.490 e. The van der Waals surface area contributed by atoms with Gasteiger partial charge in [-0.05, 0) is 54.3 Å². The van der Waals surface area contributed by atoms with Crippen molar-refractivity contribution in [2.24, 2.45) is 5.92 Å². The first-order valence-corrected chi connectivity index (χ1v) is 12.3. The lowest BCUT2D eigenvalue weighted by atomic mass is 10.0. The number of H-pyrrole nitrogens is 1. The fraction of sp³-hybridized carbons (Fsp3) is 0.423. The minimum Gasteiger partial charge on any atom is -0.493 e. The number of carbonyl (C=O) groups excluding carboxylic acids is 1. The van der Waals surface area contributed by atoms with Crippen LogP contribution < -0.4 is 15.0 Å². The third kappa shape index (κ3) is 7.21. The predicted molar refractivity (Wildman–Crippen MR) is 132 cm³/mol. The maximum atomic E-state index is 13.5. The van der Waals surface area contributed by atoms with Gasteiger partial charge in [-0.1, -0.05) is 26.0 Å². The number of alkyl halides is 3. The molecular weight excluding hydrogens is 506 g/mol. The summed E-state index contributed by atoms with van der Waals surface area (Å²) in [7, 11) is 0. The number of benzene rings is 2. The average Bonchev–Trinajstić information content (AvgIpc) is 3.37. The molecule has 1 aliphatic heterocycles. The summed E-state index contributed by atoms with van der Waals surface area (Å²) < 4.78 is 62.1. The number of aromatic nitrogens is 3. The van der Waals surface area contributed by atoms with E-state index in [2.05, 4.69) is 39.1 Å². The predicted octanol–water partition coefficient (Wildman–Crippen LogP) is 4.84. The maximum absolute atomic E-state index is 13.5. The zero-order valence-corrected chi connectivity index (χ0v) is 21.0. The van der Waals surface area contributed by atoms with Crippen LogP contribution in [0.3, 0.4) is 0 Å². The van der Waals surface area contributed by atoms with Crippen molar-refractivity contribution in [2.45, 2.75) is 51.7 Å². The van der Waals surface area contributed by atoms with Gasteiger partial charge in [0.25, 0.3) is 0 Å². The number of aromatic amines is 1. The SMILES string of the molecule is CC(C)COc1ccc(-c2nnc(N(Cc3ccc(F)cc3)C3CCNC(OC(=O)C(F)(F)F)C3)[nH]2)cc1. The van der Waals surface area contributed by atoms with Crippen LogP contribution in [0.5, 0.6) is 5.75 Å². The van der Waals surface area contributed by atoms with Crippen molar-refractivity contribution in [3.63, 3.8) is 0 Å². The summed E-state index contributed by atoms with van der Waals surface area (Å²) in [5.74, 6) is -0.627. The molecule has 0 aliphatic carbocycles. The second kappa shape index (κ2) is 11.8. The monoisotopic (exact) mass is 535 g/mol. The van der Waals surface area contributed by atoms with Crippen LogP contribution in [0.1, 0.15) is 32.3 Å². The average molecular weight is 536 g/mol. The van der Waals surface area contributed by atoms with E-state index in [4.69, 9.17) is 4.74 Å². The van der Waals surface area contributed by atoms with E-state index in [1.165, 1.54) is 12.1 Å². The smallest absolute Gasteiger partial charge is 0.490 e. The van der Waals surface area contributed by atoms with Crippen LogP contribution >= 0.6 is 0 Å². The molecule has 2 aromatic carbocycles. The molecule has 2 heterocycles. The van der Waals surface area contributed by atoms with Crippen LogP contribution in [-0.2, 0) is 16.1 Å². The molecular formula is C26H29F4N5O3. The summed E-state index contributed by atoms with van der Waals surface area (Å²) in [4.78, 5) is 16.4. The van der Waals surface area contributed by atoms with Crippen molar-refractivity contribution in [1.82, 2.24) is 20.5 Å². The molecule has 12 heteroatoms. The van der Waals surface area contributed by atoms with Gasteiger partial charge in [-0.2, -0.15) is 13.2 Å². The second-order valence-corrected chi connectivity index (χ2v) is 9.50. The van der Waals surface area contributed by atoms with Crippen molar-refractivity contribution in [2.75, 3.05) is 18.1 Å². The van der Waals surface area contributed by atoms with Gasteiger partial charge in [0.2, 0.25) is 5.95 Å². The number of carbonyl (C=O) groups is 1. The van der Waals surface area contributed by atoms with Crippen LogP contribution in [0.15, 0.2) is 48.5 Å². The van der Waals surface area contributed by atoms with Gasteiger partial charge in [0.15, 0.2) is 12.1 Å². The van der Waals surface area contributed by atoms with E-state index in [0.29, 0.717) is 37.3 Å². The Labute approximate surface area is 217 Å². The Bertz CT molecular complexity index is 1200. The summed E-state index contributed by atoms with van der Waals surface area (Å²) in [6, 6.07) is 12.9. The first kappa shape index (κ1) is 27.4. The number of halogens is 4. The number of nitrogens with zero attached hydrogens (tertiary/aromatic N) is 3. The number of esters is 1. The van der Waals surface area contributed by atoms with Gasteiger partial charge in [0.1, 0.15) is 11.6 Å². The van der Waals surface area contributed by atoms with E-state index >= 15 is 0 Å². The molecule has 4 rings (SSSR count). The third-order valence-corrected chi connectivity index (χ3v) is 5.98. The topological polar surface area (TPSA) is 92.4 Å². The Morgan fingerprint density at radius 3 is 2.47 bits per heavy atom. The molecule has 0 bridgehead atoms. The number of hydrogen-bond acceptors (Lipinski definition) is 7. The highest BCUT2D eigenvalue weighted by atomic mass is 19.4. The lowest BCUT2D eigenvalue weighted by Crippen LogP contribution is -2.50. The highest BCUT2D eigenvalue weighted by Crippen LogP contribution is 2.27. The molecule has 1 aromatic heterocycles. The minimum atomic E-state index is -5.09. The number of nitrogens with one attached hydrogen (secondary N) is 2. The lowest BCUT2D eigenvalue weighted by Gasteiger charge is -2.37. The molecule has 0 saturated carbocycles. The molecule has 0 spiro atoms. The molecule has 2 unspecified atom stereocenters. The standard InChI is InChI=1S/C26H29F4N5O3/c1-16(2)15-37-21-9-5-18(6-10-21)23-32-25(34-33-23)35(14-17-3-7-19(27)8-4-17)20-11-12-31-22(13-20)38-24(36)26(28,29)30/h3-10,16,20,22,31H,11-15H2,1-2H3,(H,32,33,34). The number of anilines is 1. The number of ether oxygens (including phenoxy) is 2. The molecule has 2 atom stereocenters. The number of piperidine rings is 1. The zero-order valence-electron chi connectivity index (χ0n) is 21.0.